The van der Waals surface area contributed by atoms with Crippen molar-refractivity contribution >= 4 is 17.8 Å². The quantitative estimate of drug-likeness (QED) is 0.224. The highest BCUT2D eigenvalue weighted by molar-refractivity contribution is 6.14. The monoisotopic (exact) mass is 511 g/mol. The molecule has 1 aliphatic heterocycles. The van der Waals surface area contributed by atoms with Gasteiger partial charge in [-0.2, -0.15) is 0 Å². The number of aliphatic hydroxyl groups excluding tert-OH is 1. The van der Waals surface area contributed by atoms with Gasteiger partial charge in [0.2, 0.25) is 0 Å². The molecule has 3 aromatic carbocycles. The zero-order valence-electron chi connectivity index (χ0n) is 21.8. The Kier molecular flexibility index (Phi) is 8.98. The van der Waals surface area contributed by atoms with E-state index in [0.29, 0.717) is 30.3 Å². The van der Waals surface area contributed by atoms with Crippen LogP contribution in [0.5, 0.6) is 11.5 Å². The number of benzene rings is 3. The van der Waals surface area contributed by atoms with Gasteiger partial charge in [0.1, 0.15) is 0 Å². The van der Waals surface area contributed by atoms with E-state index in [1.165, 1.54) is 11.0 Å². The lowest BCUT2D eigenvalue weighted by Crippen LogP contribution is -2.30. The van der Waals surface area contributed by atoms with Crippen molar-refractivity contribution in [3.8, 4) is 11.5 Å². The predicted molar refractivity (Wildman–Crippen MR) is 148 cm³/mol. The predicted octanol–water partition coefficient (Wildman–Crippen LogP) is 6.44. The van der Waals surface area contributed by atoms with Crippen LogP contribution in [0, 0.1) is 0 Å². The minimum absolute atomic E-state index is 0.0419. The lowest BCUT2D eigenvalue weighted by Gasteiger charge is -2.27. The molecule has 0 radical (unpaired) electrons. The smallest absolute Gasteiger partial charge is 0.290 e. The molecule has 1 unspecified atom stereocenters. The summed E-state index contributed by atoms with van der Waals surface area (Å²) in [5.41, 5.74) is 2.42. The zero-order valence-corrected chi connectivity index (χ0v) is 21.8. The number of ether oxygens (including phenoxy) is 2. The maximum absolute atomic E-state index is 13.5. The molecule has 0 saturated heterocycles. The molecule has 1 aliphatic rings. The van der Waals surface area contributed by atoms with Gasteiger partial charge in [0.05, 0.1) is 24.8 Å². The van der Waals surface area contributed by atoms with Crippen LogP contribution in [0.25, 0.3) is 6.08 Å². The van der Waals surface area contributed by atoms with Crippen LogP contribution in [-0.4, -0.2) is 34.9 Å². The molecular formula is C32H33NO5. The molecule has 0 spiro atoms. The number of allylic oxidation sites excluding steroid dienone is 1. The fourth-order valence-corrected chi connectivity index (χ4v) is 4.43. The fraction of sp³-hybridized carbons (Fsp3) is 0.250. The third kappa shape index (κ3) is 6.14. The van der Waals surface area contributed by atoms with E-state index in [-0.39, 0.29) is 12.1 Å². The van der Waals surface area contributed by atoms with Gasteiger partial charge >= 0.3 is 0 Å². The second-order valence-corrected chi connectivity index (χ2v) is 9.03. The van der Waals surface area contributed by atoms with Crippen LogP contribution in [0.3, 0.4) is 0 Å². The first-order chi connectivity index (χ1) is 18.5. The number of rotatable bonds is 12. The average Bonchev–Trinajstić information content (AvgIpc) is 3.19. The van der Waals surface area contributed by atoms with E-state index in [2.05, 4.69) is 6.92 Å². The van der Waals surface area contributed by atoms with Crippen LogP contribution in [-0.2, 0) is 16.1 Å². The summed E-state index contributed by atoms with van der Waals surface area (Å²) >= 11 is 0. The molecule has 6 nitrogen and oxygen atoms in total. The van der Waals surface area contributed by atoms with Gasteiger partial charge in [-0.1, -0.05) is 86.2 Å². The van der Waals surface area contributed by atoms with Gasteiger partial charge in [0.15, 0.2) is 23.0 Å². The van der Waals surface area contributed by atoms with Crippen LogP contribution in [0.15, 0.2) is 96.3 Å². The standard InChI is InChI=1S/C32H33NO5/c1-3-5-20-38-27-19-17-25(21-28(27)37-4-2)30-29(26(34)18-16-23-12-8-6-9-13-23)31(35)32(36)33(30)22-24-14-10-7-11-15-24/h6-19,21,30,35H,3-5,20,22H2,1-2H3. The van der Waals surface area contributed by atoms with E-state index in [1.807, 2.05) is 73.7 Å². The Balaban J connectivity index is 1.74. The number of ketones is 1. The van der Waals surface area contributed by atoms with Gasteiger partial charge in [-0.15, -0.1) is 0 Å². The van der Waals surface area contributed by atoms with Gasteiger partial charge in [0, 0.05) is 6.54 Å². The fourth-order valence-electron chi connectivity index (χ4n) is 4.43. The van der Waals surface area contributed by atoms with E-state index >= 15 is 0 Å². The second-order valence-electron chi connectivity index (χ2n) is 9.03. The summed E-state index contributed by atoms with van der Waals surface area (Å²) in [6.45, 7) is 5.20. The Hall–Kier alpha value is -4.32. The molecule has 1 amide bonds. The molecule has 4 rings (SSSR count). The molecule has 1 heterocycles. The number of carbonyl (C=O) groups excluding carboxylic acids is 2. The summed E-state index contributed by atoms with van der Waals surface area (Å²) in [5, 5.41) is 11.0. The van der Waals surface area contributed by atoms with Gasteiger partial charge in [0.25, 0.3) is 5.91 Å². The Morgan fingerprint density at radius 1 is 0.947 bits per heavy atom. The number of hydrogen-bond donors (Lipinski definition) is 1. The number of aliphatic hydroxyl groups is 1. The first kappa shape index (κ1) is 26.7. The highest BCUT2D eigenvalue weighted by Gasteiger charge is 2.43. The number of amides is 1. The van der Waals surface area contributed by atoms with Crippen molar-refractivity contribution in [2.45, 2.75) is 39.3 Å². The van der Waals surface area contributed by atoms with E-state index in [9.17, 15) is 14.7 Å². The maximum Gasteiger partial charge on any atom is 0.290 e. The summed E-state index contributed by atoms with van der Waals surface area (Å²) in [4.78, 5) is 28.3. The zero-order chi connectivity index (χ0) is 26.9. The highest BCUT2D eigenvalue weighted by atomic mass is 16.5. The van der Waals surface area contributed by atoms with Crippen molar-refractivity contribution in [1.29, 1.82) is 0 Å². The van der Waals surface area contributed by atoms with Crippen LogP contribution >= 0.6 is 0 Å². The van der Waals surface area contributed by atoms with Gasteiger partial charge in [-0.25, -0.2) is 0 Å². The van der Waals surface area contributed by atoms with Gasteiger partial charge in [-0.05, 0) is 48.2 Å². The minimum Gasteiger partial charge on any atom is -0.503 e. The number of nitrogens with zero attached hydrogens (tertiary/aromatic N) is 1. The third-order valence-electron chi connectivity index (χ3n) is 6.33. The van der Waals surface area contributed by atoms with Crippen molar-refractivity contribution in [3.05, 3.63) is 113 Å². The first-order valence-corrected chi connectivity index (χ1v) is 13.0. The Labute approximate surface area is 223 Å². The summed E-state index contributed by atoms with van der Waals surface area (Å²) < 4.78 is 11.8. The summed E-state index contributed by atoms with van der Waals surface area (Å²) in [5.74, 6) is -0.410. The first-order valence-electron chi connectivity index (χ1n) is 13.0. The molecule has 0 saturated carbocycles. The summed E-state index contributed by atoms with van der Waals surface area (Å²) in [7, 11) is 0. The molecular weight excluding hydrogens is 478 g/mol. The normalized spacial score (nSPS) is 15.4. The molecule has 1 N–H and O–H groups in total. The van der Waals surface area contributed by atoms with Crippen molar-refractivity contribution in [1.82, 2.24) is 4.90 Å². The van der Waals surface area contributed by atoms with E-state index in [4.69, 9.17) is 9.47 Å². The summed E-state index contributed by atoms with van der Waals surface area (Å²) in [6, 6.07) is 23.5. The maximum atomic E-state index is 13.5. The molecule has 196 valence electrons. The summed E-state index contributed by atoms with van der Waals surface area (Å²) in [6.07, 6.45) is 5.00. The van der Waals surface area contributed by atoms with Gasteiger partial charge < -0.3 is 19.5 Å². The second kappa shape index (κ2) is 12.8. The Morgan fingerprint density at radius 3 is 2.34 bits per heavy atom. The van der Waals surface area contributed by atoms with E-state index in [0.717, 1.165) is 24.0 Å². The lowest BCUT2D eigenvalue weighted by molar-refractivity contribution is -0.130. The largest absolute Gasteiger partial charge is 0.503 e. The number of unbranched alkanes of at least 4 members (excludes halogenated alkanes) is 1. The van der Waals surface area contributed by atoms with Crippen LogP contribution in [0.4, 0.5) is 0 Å². The molecule has 0 aromatic heterocycles. The Bertz CT molecular complexity index is 1310. The molecule has 0 bridgehead atoms. The highest BCUT2D eigenvalue weighted by Crippen LogP contribution is 2.42. The number of hydrogen-bond acceptors (Lipinski definition) is 5. The molecule has 3 aromatic rings. The van der Waals surface area contributed by atoms with E-state index in [1.54, 1.807) is 18.2 Å². The number of carbonyl (C=O) groups is 2. The van der Waals surface area contributed by atoms with Crippen LogP contribution in [0.2, 0.25) is 0 Å². The van der Waals surface area contributed by atoms with Crippen molar-refractivity contribution < 1.29 is 24.2 Å². The van der Waals surface area contributed by atoms with Crippen LogP contribution in [0.1, 0.15) is 49.4 Å². The lowest BCUT2D eigenvalue weighted by atomic mass is 9.95. The Morgan fingerprint density at radius 2 is 1.66 bits per heavy atom. The van der Waals surface area contributed by atoms with Crippen molar-refractivity contribution in [2.24, 2.45) is 0 Å². The topological polar surface area (TPSA) is 76.1 Å². The van der Waals surface area contributed by atoms with Gasteiger partial charge in [-0.3, -0.25) is 9.59 Å². The van der Waals surface area contributed by atoms with E-state index < -0.39 is 23.5 Å². The SMILES string of the molecule is CCCCOc1ccc(C2C(C(=O)C=Cc3ccccc3)=C(O)C(=O)N2Cc2ccccc2)cc1OCC. The molecule has 0 aliphatic carbocycles. The molecule has 38 heavy (non-hydrogen) atoms. The van der Waals surface area contributed by atoms with Crippen LogP contribution < -0.4 is 9.47 Å². The minimum atomic E-state index is -0.792. The average molecular weight is 512 g/mol. The van der Waals surface area contributed by atoms with Crippen molar-refractivity contribution in [2.75, 3.05) is 13.2 Å². The third-order valence-corrected chi connectivity index (χ3v) is 6.33. The molecule has 6 heteroatoms. The van der Waals surface area contributed by atoms with Crippen molar-refractivity contribution in [3.63, 3.8) is 0 Å². The molecule has 1 atom stereocenters. The molecule has 0 fully saturated rings.